The van der Waals surface area contributed by atoms with Crippen molar-refractivity contribution < 1.29 is 14.5 Å². The van der Waals surface area contributed by atoms with Crippen LogP contribution < -0.4 is 0 Å². The highest BCUT2D eigenvalue weighted by Gasteiger charge is 2.06. The number of ketones is 1. The molecule has 0 saturated carbocycles. The average molecular weight is 209 g/mol. The van der Waals surface area contributed by atoms with Crippen LogP contribution in [-0.4, -0.2) is 24.4 Å². The molecule has 1 rings (SSSR count). The molecule has 0 heterocycles. The zero-order chi connectivity index (χ0) is 11.3. The van der Waals surface area contributed by atoms with E-state index in [0.717, 1.165) is 5.56 Å². The third-order valence-corrected chi connectivity index (χ3v) is 1.85. The van der Waals surface area contributed by atoms with Gasteiger partial charge in [-0.2, -0.15) is 0 Å². The number of nitro groups is 1. The van der Waals surface area contributed by atoms with Gasteiger partial charge in [0.25, 0.3) is 5.69 Å². The molecule has 0 spiro atoms. The highest BCUT2D eigenvalue weighted by Crippen LogP contribution is 2.12. The predicted molar refractivity (Wildman–Crippen MR) is 53.7 cm³/mol. The van der Waals surface area contributed by atoms with Crippen LogP contribution in [-0.2, 0) is 16.0 Å². The second-order valence-electron chi connectivity index (χ2n) is 3.07. The molecular formula is C10H11NO4. The Kier molecular flexibility index (Phi) is 3.93. The lowest BCUT2D eigenvalue weighted by molar-refractivity contribution is -0.384. The van der Waals surface area contributed by atoms with Gasteiger partial charge in [0.1, 0.15) is 6.61 Å². The van der Waals surface area contributed by atoms with Crippen LogP contribution in [0.15, 0.2) is 24.3 Å². The molecule has 0 fully saturated rings. The molecule has 0 unspecified atom stereocenters. The van der Waals surface area contributed by atoms with E-state index >= 15 is 0 Å². The Hall–Kier alpha value is -1.75. The fourth-order valence-corrected chi connectivity index (χ4v) is 1.18. The fraction of sp³-hybridized carbons (Fsp3) is 0.300. The van der Waals surface area contributed by atoms with Gasteiger partial charge < -0.3 is 4.74 Å². The minimum absolute atomic E-state index is 0.0259. The van der Waals surface area contributed by atoms with Gasteiger partial charge in [-0.15, -0.1) is 0 Å². The Morgan fingerprint density at radius 1 is 1.40 bits per heavy atom. The standard InChI is InChI=1S/C10H11NO4/c1-15-7-10(12)6-8-2-4-9(5-3-8)11(13)14/h2-5H,6-7H2,1H3. The van der Waals surface area contributed by atoms with Crippen LogP contribution in [0.25, 0.3) is 0 Å². The number of benzene rings is 1. The van der Waals surface area contributed by atoms with Crippen LogP contribution in [0.5, 0.6) is 0 Å². The lowest BCUT2D eigenvalue weighted by atomic mass is 10.1. The number of rotatable bonds is 5. The molecule has 0 aliphatic rings. The van der Waals surface area contributed by atoms with Crippen LogP contribution in [0.4, 0.5) is 5.69 Å². The van der Waals surface area contributed by atoms with Crippen molar-refractivity contribution in [2.24, 2.45) is 0 Å². The summed E-state index contributed by atoms with van der Waals surface area (Å²) in [7, 11) is 1.45. The molecule has 0 atom stereocenters. The first-order valence-electron chi connectivity index (χ1n) is 4.37. The first-order chi connectivity index (χ1) is 7.13. The maximum atomic E-state index is 11.2. The Bertz CT molecular complexity index is 358. The van der Waals surface area contributed by atoms with E-state index in [1.54, 1.807) is 12.1 Å². The van der Waals surface area contributed by atoms with Crippen molar-refractivity contribution in [1.29, 1.82) is 0 Å². The van der Waals surface area contributed by atoms with Crippen LogP contribution in [0.2, 0.25) is 0 Å². The SMILES string of the molecule is COCC(=O)Cc1ccc([N+](=O)[O-])cc1. The summed E-state index contributed by atoms with van der Waals surface area (Å²) in [5, 5.41) is 10.4. The number of ether oxygens (including phenoxy) is 1. The van der Waals surface area contributed by atoms with E-state index in [-0.39, 0.29) is 24.5 Å². The maximum absolute atomic E-state index is 11.2. The minimum Gasteiger partial charge on any atom is -0.377 e. The molecule has 5 nitrogen and oxygen atoms in total. The molecule has 1 aromatic rings. The number of methoxy groups -OCH3 is 1. The highest BCUT2D eigenvalue weighted by atomic mass is 16.6. The number of nitro benzene ring substituents is 1. The maximum Gasteiger partial charge on any atom is 0.269 e. The Balaban J connectivity index is 2.64. The van der Waals surface area contributed by atoms with Gasteiger partial charge in [-0.3, -0.25) is 14.9 Å². The number of hydrogen-bond donors (Lipinski definition) is 0. The third kappa shape index (κ3) is 3.47. The molecule has 15 heavy (non-hydrogen) atoms. The number of nitrogens with zero attached hydrogens (tertiary/aromatic N) is 1. The van der Waals surface area contributed by atoms with Crippen LogP contribution in [0, 0.1) is 10.1 Å². The van der Waals surface area contributed by atoms with Crippen molar-refractivity contribution in [1.82, 2.24) is 0 Å². The van der Waals surface area contributed by atoms with Gasteiger partial charge in [-0.25, -0.2) is 0 Å². The molecule has 0 radical (unpaired) electrons. The molecule has 0 N–H and O–H groups in total. The number of carbonyl (C=O) groups is 1. The van der Waals surface area contributed by atoms with E-state index in [2.05, 4.69) is 4.74 Å². The van der Waals surface area contributed by atoms with Gasteiger partial charge in [0.05, 0.1) is 4.92 Å². The van der Waals surface area contributed by atoms with Crippen molar-refractivity contribution in [2.45, 2.75) is 6.42 Å². The van der Waals surface area contributed by atoms with E-state index in [1.807, 2.05) is 0 Å². The van der Waals surface area contributed by atoms with Crippen molar-refractivity contribution >= 4 is 11.5 Å². The molecule has 1 aromatic carbocycles. The van der Waals surface area contributed by atoms with E-state index in [1.165, 1.54) is 19.2 Å². The summed E-state index contributed by atoms with van der Waals surface area (Å²) in [5.41, 5.74) is 0.778. The zero-order valence-electron chi connectivity index (χ0n) is 8.30. The second kappa shape index (κ2) is 5.21. The largest absolute Gasteiger partial charge is 0.377 e. The van der Waals surface area contributed by atoms with Crippen molar-refractivity contribution in [3.63, 3.8) is 0 Å². The first kappa shape index (κ1) is 11.3. The lowest BCUT2D eigenvalue weighted by Crippen LogP contribution is -2.09. The van der Waals surface area contributed by atoms with Crippen molar-refractivity contribution in [3.8, 4) is 0 Å². The van der Waals surface area contributed by atoms with Crippen LogP contribution in [0.3, 0.4) is 0 Å². The van der Waals surface area contributed by atoms with Gasteiger partial charge >= 0.3 is 0 Å². The molecule has 0 aliphatic heterocycles. The summed E-state index contributed by atoms with van der Waals surface area (Å²) in [6.45, 7) is 0.0665. The average Bonchev–Trinajstić information content (AvgIpc) is 2.18. The predicted octanol–water partition coefficient (Wildman–Crippen LogP) is 1.35. The summed E-state index contributed by atoms with van der Waals surface area (Å²) in [6.07, 6.45) is 0.242. The van der Waals surface area contributed by atoms with Crippen LogP contribution in [0.1, 0.15) is 5.56 Å². The van der Waals surface area contributed by atoms with Gasteiger partial charge in [-0.05, 0) is 5.56 Å². The molecule has 0 aromatic heterocycles. The summed E-state index contributed by atoms with van der Waals surface area (Å²) in [4.78, 5) is 21.1. The summed E-state index contributed by atoms with van der Waals surface area (Å²) >= 11 is 0. The number of Topliss-reactive ketones (excluding diaryl/α,β-unsaturated/α-hetero) is 1. The van der Waals surface area contributed by atoms with E-state index in [4.69, 9.17) is 0 Å². The Morgan fingerprint density at radius 3 is 2.47 bits per heavy atom. The van der Waals surface area contributed by atoms with Crippen molar-refractivity contribution in [3.05, 3.63) is 39.9 Å². The number of non-ortho nitro benzene ring substituents is 1. The number of carbonyl (C=O) groups excluding carboxylic acids is 1. The Morgan fingerprint density at radius 2 is 2.00 bits per heavy atom. The summed E-state index contributed by atoms with van der Waals surface area (Å²) in [5.74, 6) is -0.0497. The van der Waals surface area contributed by atoms with Gasteiger partial charge in [0, 0.05) is 25.7 Å². The molecule has 5 heteroatoms. The lowest BCUT2D eigenvalue weighted by Gasteiger charge is -1.99. The topological polar surface area (TPSA) is 69.4 Å². The zero-order valence-corrected chi connectivity index (χ0v) is 8.30. The molecule has 0 bridgehead atoms. The van der Waals surface area contributed by atoms with Gasteiger partial charge in [-0.1, -0.05) is 12.1 Å². The normalized spacial score (nSPS) is 9.93. The number of hydrogen-bond acceptors (Lipinski definition) is 4. The Labute approximate surface area is 86.8 Å². The quantitative estimate of drug-likeness (QED) is 0.542. The second-order valence-corrected chi connectivity index (χ2v) is 3.07. The molecule has 0 amide bonds. The molecule has 0 aliphatic carbocycles. The third-order valence-electron chi connectivity index (χ3n) is 1.85. The summed E-state index contributed by atoms with van der Waals surface area (Å²) < 4.78 is 4.68. The molecule has 80 valence electrons. The van der Waals surface area contributed by atoms with E-state index < -0.39 is 4.92 Å². The monoisotopic (exact) mass is 209 g/mol. The van der Waals surface area contributed by atoms with Gasteiger partial charge in [0.15, 0.2) is 5.78 Å². The van der Waals surface area contributed by atoms with Gasteiger partial charge in [0.2, 0.25) is 0 Å². The fourth-order valence-electron chi connectivity index (χ4n) is 1.18. The summed E-state index contributed by atoms with van der Waals surface area (Å²) in [6, 6.07) is 5.92. The minimum atomic E-state index is -0.471. The van der Waals surface area contributed by atoms with Crippen molar-refractivity contribution in [2.75, 3.05) is 13.7 Å². The first-order valence-corrected chi connectivity index (χ1v) is 4.37. The smallest absolute Gasteiger partial charge is 0.269 e. The van der Waals surface area contributed by atoms with E-state index in [0.29, 0.717) is 0 Å². The highest BCUT2D eigenvalue weighted by molar-refractivity contribution is 5.82. The molecular weight excluding hydrogens is 198 g/mol. The van der Waals surface area contributed by atoms with E-state index in [9.17, 15) is 14.9 Å². The molecule has 0 saturated heterocycles. The van der Waals surface area contributed by atoms with Crippen LogP contribution >= 0.6 is 0 Å².